The summed E-state index contributed by atoms with van der Waals surface area (Å²) in [5.41, 5.74) is 4.60. The summed E-state index contributed by atoms with van der Waals surface area (Å²) >= 11 is 0. The largest absolute Gasteiger partial charge is 0.251 e. The highest BCUT2D eigenvalue weighted by atomic mass is 17.1. The molecule has 3 rings (SSSR count). The van der Waals surface area contributed by atoms with Crippen LogP contribution in [0.5, 0.6) is 0 Å². The second-order valence-electron chi connectivity index (χ2n) is 5.22. The molecule has 3 heteroatoms. The molecule has 1 N–H and O–H groups in total. The maximum Gasteiger partial charge on any atom is 0.173 e. The fraction of sp³-hybridized carbons (Fsp3) is 0.105. The van der Waals surface area contributed by atoms with Gasteiger partial charge in [-0.3, -0.25) is 5.26 Å². The molecule has 0 amide bonds. The predicted octanol–water partition coefficient (Wildman–Crippen LogP) is 3.68. The first kappa shape index (κ1) is 14.4. The number of rotatable bonds is 5. The fourth-order valence-electron chi connectivity index (χ4n) is 2.41. The van der Waals surface area contributed by atoms with Crippen LogP contribution in [0, 0.1) is 0 Å². The summed E-state index contributed by atoms with van der Waals surface area (Å²) in [6.45, 7) is 1.04. The van der Waals surface area contributed by atoms with E-state index in [1.165, 1.54) is 16.7 Å². The highest BCUT2D eigenvalue weighted by molar-refractivity contribution is 5.61. The smallest absolute Gasteiger partial charge is 0.173 e. The molecule has 0 aliphatic rings. The van der Waals surface area contributed by atoms with E-state index in [-0.39, 0.29) is 6.61 Å². The number of aromatic nitrogens is 1. The number of pyridine rings is 1. The van der Waals surface area contributed by atoms with Crippen molar-refractivity contribution in [1.82, 2.24) is 0 Å². The first-order valence-electron chi connectivity index (χ1n) is 7.24. The maximum atomic E-state index is 8.44. The molecule has 0 aliphatic heterocycles. The Hall–Kier alpha value is -2.49. The van der Waals surface area contributed by atoms with Crippen LogP contribution in [0.4, 0.5) is 0 Å². The van der Waals surface area contributed by atoms with Gasteiger partial charge in [-0.25, -0.2) is 9.45 Å². The van der Waals surface area contributed by atoms with E-state index in [1.807, 2.05) is 42.5 Å². The summed E-state index contributed by atoms with van der Waals surface area (Å²) < 4.78 is 2.14. The van der Waals surface area contributed by atoms with Crippen LogP contribution in [0.3, 0.4) is 0 Å². The molecule has 3 aromatic rings. The summed E-state index contributed by atoms with van der Waals surface area (Å²) in [7, 11) is 0. The van der Waals surface area contributed by atoms with Crippen molar-refractivity contribution in [1.29, 1.82) is 0 Å². The number of nitrogens with zero attached hydrogens (tertiary/aromatic N) is 1. The van der Waals surface area contributed by atoms with Crippen LogP contribution in [0.1, 0.15) is 11.1 Å². The third-order valence-corrected chi connectivity index (χ3v) is 3.62. The lowest BCUT2D eigenvalue weighted by Gasteiger charge is -2.02. The predicted molar refractivity (Wildman–Crippen MR) is 85.0 cm³/mol. The minimum Gasteiger partial charge on any atom is -0.251 e. The first-order chi connectivity index (χ1) is 10.8. The van der Waals surface area contributed by atoms with E-state index in [9.17, 15) is 0 Å². The van der Waals surface area contributed by atoms with Crippen LogP contribution in [0.2, 0.25) is 0 Å². The number of benzene rings is 2. The lowest BCUT2D eigenvalue weighted by Crippen LogP contribution is -2.32. The van der Waals surface area contributed by atoms with Gasteiger partial charge in [0.25, 0.3) is 0 Å². The quantitative estimate of drug-likeness (QED) is 0.442. The molecule has 0 saturated heterocycles. The molecular weight excluding hydrogens is 274 g/mol. The Morgan fingerprint density at radius 3 is 1.95 bits per heavy atom. The lowest BCUT2D eigenvalue weighted by molar-refractivity contribution is -0.688. The van der Waals surface area contributed by atoms with E-state index in [0.29, 0.717) is 0 Å². The maximum absolute atomic E-state index is 8.44. The van der Waals surface area contributed by atoms with Crippen molar-refractivity contribution in [2.45, 2.75) is 13.2 Å². The van der Waals surface area contributed by atoms with Crippen molar-refractivity contribution in [2.75, 3.05) is 0 Å². The third kappa shape index (κ3) is 3.58. The van der Waals surface area contributed by atoms with Crippen molar-refractivity contribution in [3.63, 3.8) is 0 Å². The van der Waals surface area contributed by atoms with Crippen LogP contribution in [-0.4, -0.2) is 5.26 Å². The van der Waals surface area contributed by atoms with Crippen molar-refractivity contribution < 1.29 is 14.7 Å². The van der Waals surface area contributed by atoms with E-state index in [1.54, 1.807) is 0 Å². The number of hydrogen-bond donors (Lipinski definition) is 1. The molecule has 2 aromatic carbocycles. The molecular formula is C19H18NO2+. The van der Waals surface area contributed by atoms with Gasteiger partial charge in [-0.15, -0.1) is 0 Å². The summed E-state index contributed by atoms with van der Waals surface area (Å²) in [6.07, 6.45) is 4.18. The van der Waals surface area contributed by atoms with Crippen LogP contribution in [0.15, 0.2) is 79.1 Å². The molecule has 0 bridgehead atoms. The van der Waals surface area contributed by atoms with Crippen molar-refractivity contribution >= 4 is 0 Å². The summed E-state index contributed by atoms with van der Waals surface area (Å²) in [5.74, 6) is 0. The van der Waals surface area contributed by atoms with E-state index in [2.05, 4.69) is 46.1 Å². The van der Waals surface area contributed by atoms with Gasteiger partial charge in [0, 0.05) is 17.7 Å². The van der Waals surface area contributed by atoms with Gasteiger partial charge in [0.1, 0.15) is 6.61 Å². The van der Waals surface area contributed by atoms with E-state index >= 15 is 0 Å². The van der Waals surface area contributed by atoms with Gasteiger partial charge in [0.15, 0.2) is 18.9 Å². The van der Waals surface area contributed by atoms with Crippen LogP contribution in [0.25, 0.3) is 11.1 Å². The average Bonchev–Trinajstić information content (AvgIpc) is 2.58. The molecule has 3 nitrogen and oxygen atoms in total. The Bertz CT molecular complexity index is 707. The molecule has 22 heavy (non-hydrogen) atoms. The molecule has 0 fully saturated rings. The minimum absolute atomic E-state index is 0.221. The molecule has 0 unspecified atom stereocenters. The van der Waals surface area contributed by atoms with E-state index < -0.39 is 0 Å². The molecule has 110 valence electrons. The highest BCUT2D eigenvalue weighted by Crippen LogP contribution is 2.16. The van der Waals surface area contributed by atoms with Gasteiger partial charge in [0.2, 0.25) is 0 Å². The van der Waals surface area contributed by atoms with Crippen LogP contribution >= 0.6 is 0 Å². The average molecular weight is 292 g/mol. The zero-order valence-corrected chi connectivity index (χ0v) is 12.2. The fourth-order valence-corrected chi connectivity index (χ4v) is 2.41. The minimum atomic E-state index is 0.221. The first-order valence-corrected chi connectivity index (χ1v) is 7.24. The van der Waals surface area contributed by atoms with Gasteiger partial charge in [0.05, 0.1) is 0 Å². The Morgan fingerprint density at radius 1 is 0.727 bits per heavy atom. The van der Waals surface area contributed by atoms with Gasteiger partial charge in [-0.1, -0.05) is 54.6 Å². The van der Waals surface area contributed by atoms with Crippen molar-refractivity contribution in [3.8, 4) is 11.1 Å². The van der Waals surface area contributed by atoms with Gasteiger partial charge in [-0.2, -0.15) is 0 Å². The van der Waals surface area contributed by atoms with Crippen LogP contribution in [-0.2, 0) is 18.0 Å². The SMILES string of the molecule is OOCc1ccc(C[n+]2ccc(-c3ccccc3)cc2)cc1. The second kappa shape index (κ2) is 6.98. The molecule has 0 saturated carbocycles. The monoisotopic (exact) mass is 292 g/mol. The Kier molecular flexibility index (Phi) is 4.59. The topological polar surface area (TPSA) is 33.3 Å². The van der Waals surface area contributed by atoms with E-state index in [4.69, 9.17) is 5.26 Å². The molecule has 0 spiro atoms. The molecule has 1 heterocycles. The summed E-state index contributed by atoms with van der Waals surface area (Å²) in [6, 6.07) is 22.6. The molecule has 1 aromatic heterocycles. The Balaban J connectivity index is 1.71. The highest BCUT2D eigenvalue weighted by Gasteiger charge is 2.04. The van der Waals surface area contributed by atoms with E-state index in [0.717, 1.165) is 12.1 Å². The Morgan fingerprint density at radius 2 is 1.32 bits per heavy atom. The standard InChI is InChI=1S/C19H17NO2/c21-22-15-17-8-6-16(7-9-17)14-20-12-10-19(11-13-20)18-4-2-1-3-5-18/h1-13H,14-15H2/p+1. The third-order valence-electron chi connectivity index (χ3n) is 3.62. The molecule has 0 radical (unpaired) electrons. The number of hydrogen-bond acceptors (Lipinski definition) is 2. The summed E-state index contributed by atoms with van der Waals surface area (Å²) in [4.78, 5) is 4.14. The van der Waals surface area contributed by atoms with Gasteiger partial charge in [-0.05, 0) is 16.7 Å². The molecule has 0 aliphatic carbocycles. The van der Waals surface area contributed by atoms with Gasteiger partial charge < -0.3 is 0 Å². The van der Waals surface area contributed by atoms with Crippen LogP contribution < -0.4 is 4.57 Å². The van der Waals surface area contributed by atoms with Crippen molar-refractivity contribution in [2.24, 2.45) is 0 Å². The van der Waals surface area contributed by atoms with Crippen molar-refractivity contribution in [3.05, 3.63) is 90.3 Å². The zero-order valence-electron chi connectivity index (χ0n) is 12.2. The van der Waals surface area contributed by atoms with Gasteiger partial charge >= 0.3 is 0 Å². The Labute approximate surface area is 130 Å². The molecule has 0 atom stereocenters. The summed E-state index contributed by atoms with van der Waals surface area (Å²) in [5, 5.41) is 8.44. The lowest BCUT2D eigenvalue weighted by atomic mass is 10.1. The zero-order chi connectivity index (χ0) is 15.2. The normalized spacial score (nSPS) is 10.6. The second-order valence-corrected chi connectivity index (χ2v) is 5.22.